The van der Waals surface area contributed by atoms with Gasteiger partial charge in [0.1, 0.15) is 11.7 Å². The van der Waals surface area contributed by atoms with Gasteiger partial charge in [-0.2, -0.15) is 5.10 Å². The second-order valence-electron chi connectivity index (χ2n) is 5.97. The molecule has 1 N–H and O–H groups in total. The normalized spacial score (nSPS) is 13.4. The van der Waals surface area contributed by atoms with Gasteiger partial charge in [0.25, 0.3) is 0 Å². The highest BCUT2D eigenvalue weighted by Gasteiger charge is 2.24. The molecule has 9 nitrogen and oxygen atoms in total. The minimum Gasteiger partial charge on any atom is -0.478 e. The van der Waals surface area contributed by atoms with Crippen LogP contribution < -0.4 is 4.74 Å². The van der Waals surface area contributed by atoms with Crippen LogP contribution in [0.4, 0.5) is 0 Å². The van der Waals surface area contributed by atoms with Crippen molar-refractivity contribution in [3.05, 3.63) is 41.8 Å². The van der Waals surface area contributed by atoms with Gasteiger partial charge in [0, 0.05) is 7.11 Å². The van der Waals surface area contributed by atoms with Crippen LogP contribution in [-0.2, 0) is 14.3 Å². The molecule has 0 aliphatic rings. The van der Waals surface area contributed by atoms with Crippen LogP contribution in [0.1, 0.15) is 6.92 Å². The highest BCUT2D eigenvalue weighted by Crippen LogP contribution is 2.27. The number of aromatic nitrogens is 4. The quantitative estimate of drug-likeness (QED) is 0.576. The topological polar surface area (TPSA) is 109 Å². The van der Waals surface area contributed by atoms with Gasteiger partial charge in [-0.1, -0.05) is 23.7 Å². The number of para-hydroxylation sites is 1. The molecule has 1 unspecified atom stereocenters. The molecule has 0 aliphatic carbocycles. The van der Waals surface area contributed by atoms with Crippen molar-refractivity contribution in [3.8, 4) is 11.6 Å². The van der Waals surface area contributed by atoms with E-state index in [9.17, 15) is 9.90 Å². The lowest BCUT2D eigenvalue weighted by atomic mass is 10.3. The molecule has 0 fully saturated rings. The average molecular weight is 407 g/mol. The van der Waals surface area contributed by atoms with E-state index >= 15 is 0 Å². The van der Waals surface area contributed by atoms with Crippen LogP contribution in [0.2, 0.25) is 5.02 Å². The Morgan fingerprint density at radius 2 is 2.07 bits per heavy atom. The van der Waals surface area contributed by atoms with E-state index in [4.69, 9.17) is 25.8 Å². The van der Waals surface area contributed by atoms with Crippen molar-refractivity contribution in [1.29, 1.82) is 0 Å². The Labute approximate surface area is 165 Å². The minimum atomic E-state index is -1.25. The fraction of sp³-hybridized carbons (Fsp3) is 0.333. The van der Waals surface area contributed by atoms with Crippen molar-refractivity contribution >= 4 is 28.6 Å². The second kappa shape index (κ2) is 8.96. The molecule has 10 heteroatoms. The summed E-state index contributed by atoms with van der Waals surface area (Å²) in [4.78, 5) is 19.8. The number of carboxylic acids is 1. The summed E-state index contributed by atoms with van der Waals surface area (Å²) >= 11 is 6.24. The van der Waals surface area contributed by atoms with E-state index in [-0.39, 0.29) is 18.6 Å². The maximum absolute atomic E-state index is 11.6. The highest BCUT2D eigenvalue weighted by molar-refractivity contribution is 6.32. The fourth-order valence-corrected chi connectivity index (χ4v) is 2.76. The van der Waals surface area contributed by atoms with Gasteiger partial charge in [-0.3, -0.25) is 0 Å². The van der Waals surface area contributed by atoms with E-state index in [1.165, 1.54) is 12.5 Å². The van der Waals surface area contributed by atoms with E-state index in [0.717, 1.165) is 0 Å². The monoisotopic (exact) mass is 406 g/mol. The van der Waals surface area contributed by atoms with Gasteiger partial charge in [-0.15, -0.1) is 0 Å². The summed E-state index contributed by atoms with van der Waals surface area (Å²) in [6.45, 7) is 1.96. The second-order valence-corrected chi connectivity index (χ2v) is 6.38. The molecule has 2 atom stereocenters. The predicted molar refractivity (Wildman–Crippen MR) is 101 cm³/mol. The Balaban J connectivity index is 1.87. The van der Waals surface area contributed by atoms with Crippen LogP contribution in [0.25, 0.3) is 16.7 Å². The Kier molecular flexibility index (Phi) is 6.40. The summed E-state index contributed by atoms with van der Waals surface area (Å²) in [5, 5.41) is 14.7. The first-order valence-electron chi connectivity index (χ1n) is 8.45. The molecule has 0 saturated carbocycles. The third-order valence-electron chi connectivity index (χ3n) is 3.87. The number of carboxylic acid groups (broad SMARTS) is 1. The van der Waals surface area contributed by atoms with E-state index < -0.39 is 12.1 Å². The smallest absolute Gasteiger partial charge is 0.347 e. The Morgan fingerprint density at radius 3 is 2.79 bits per heavy atom. The van der Waals surface area contributed by atoms with E-state index in [1.54, 1.807) is 30.8 Å². The predicted octanol–water partition coefficient (Wildman–Crippen LogP) is 2.35. The van der Waals surface area contributed by atoms with Crippen molar-refractivity contribution in [2.24, 2.45) is 0 Å². The molecule has 28 heavy (non-hydrogen) atoms. The third kappa shape index (κ3) is 4.38. The van der Waals surface area contributed by atoms with Crippen LogP contribution in [0.3, 0.4) is 0 Å². The lowest BCUT2D eigenvalue weighted by Crippen LogP contribution is -2.34. The van der Waals surface area contributed by atoms with Gasteiger partial charge in [-0.25, -0.2) is 19.4 Å². The number of halogens is 1. The zero-order valence-electron chi connectivity index (χ0n) is 15.3. The number of hydrogen-bond donors (Lipinski definition) is 1. The Morgan fingerprint density at radius 1 is 1.29 bits per heavy atom. The first kappa shape index (κ1) is 20.0. The number of aliphatic carboxylic acids is 1. The molecule has 0 saturated heterocycles. The molecule has 0 spiro atoms. The van der Waals surface area contributed by atoms with Crippen molar-refractivity contribution in [2.75, 3.05) is 20.3 Å². The summed E-state index contributed by atoms with van der Waals surface area (Å²) in [6, 6.07) is 7.17. The molecule has 0 aliphatic heterocycles. The fourth-order valence-electron chi connectivity index (χ4n) is 2.54. The number of methoxy groups -OCH3 is 1. The molecule has 1 aromatic carbocycles. The Bertz CT molecular complexity index is 964. The van der Waals surface area contributed by atoms with E-state index in [1.807, 2.05) is 12.1 Å². The van der Waals surface area contributed by atoms with Gasteiger partial charge in [0.05, 0.1) is 36.2 Å². The van der Waals surface area contributed by atoms with Gasteiger partial charge in [-0.05, 0) is 19.1 Å². The number of carbonyl (C=O) groups is 1. The Hall–Kier alpha value is -2.75. The first-order valence-corrected chi connectivity index (χ1v) is 8.82. The largest absolute Gasteiger partial charge is 0.478 e. The average Bonchev–Trinajstić information content (AvgIpc) is 3.10. The molecule has 0 bridgehead atoms. The molecular formula is C18H19ClN4O5. The molecule has 148 valence electrons. The number of rotatable bonds is 9. The number of ether oxygens (including phenoxy) is 3. The van der Waals surface area contributed by atoms with Gasteiger partial charge < -0.3 is 19.3 Å². The summed E-state index contributed by atoms with van der Waals surface area (Å²) in [6.07, 6.45) is 1.26. The third-order valence-corrected chi connectivity index (χ3v) is 4.19. The van der Waals surface area contributed by atoms with Crippen molar-refractivity contribution < 1.29 is 24.1 Å². The molecular weight excluding hydrogens is 388 g/mol. The van der Waals surface area contributed by atoms with E-state index in [2.05, 4.69) is 15.1 Å². The highest BCUT2D eigenvalue weighted by atomic mass is 35.5. The number of hydrogen-bond acceptors (Lipinski definition) is 7. The number of fused-ring (bicyclic) bond motifs is 1. The van der Waals surface area contributed by atoms with Crippen LogP contribution >= 0.6 is 11.6 Å². The molecule has 0 amide bonds. The summed E-state index contributed by atoms with van der Waals surface area (Å²) < 4.78 is 17.6. The van der Waals surface area contributed by atoms with Crippen molar-refractivity contribution in [3.63, 3.8) is 0 Å². The lowest BCUT2D eigenvalue weighted by Gasteiger charge is -2.18. The molecule has 0 radical (unpaired) electrons. The summed E-state index contributed by atoms with van der Waals surface area (Å²) in [5.74, 6) is -1.08. The van der Waals surface area contributed by atoms with Crippen LogP contribution in [-0.4, -0.2) is 63.4 Å². The molecule has 2 heterocycles. The maximum atomic E-state index is 11.6. The first-order chi connectivity index (χ1) is 13.5. The standard InChI is InChI=1S/C18H19ClN4O5/c1-11(8-26-2)27-9-15(18(24)25)28-17-12-7-22-23(16(12)20-10-21-17)14-6-4-3-5-13(14)19/h3-7,10-11,15H,8-9H2,1-2H3,(H,24,25)/t11-,15?/m1/s1. The zero-order chi connectivity index (χ0) is 20.1. The van der Waals surface area contributed by atoms with Gasteiger partial charge in [0.2, 0.25) is 12.0 Å². The maximum Gasteiger partial charge on any atom is 0.347 e. The SMILES string of the molecule is COC[C@@H](C)OCC(Oc1ncnc2c1cnn2-c1ccccc1Cl)C(=O)O. The van der Waals surface area contributed by atoms with Gasteiger partial charge in [0.15, 0.2) is 5.65 Å². The van der Waals surface area contributed by atoms with Crippen LogP contribution in [0.5, 0.6) is 5.88 Å². The summed E-state index contributed by atoms with van der Waals surface area (Å²) in [5.41, 5.74) is 1.08. The number of nitrogens with zero attached hydrogens (tertiary/aromatic N) is 4. The van der Waals surface area contributed by atoms with Crippen LogP contribution in [0, 0.1) is 0 Å². The number of benzene rings is 1. The molecule has 3 rings (SSSR count). The lowest BCUT2D eigenvalue weighted by molar-refractivity contribution is -0.149. The van der Waals surface area contributed by atoms with Crippen LogP contribution in [0.15, 0.2) is 36.8 Å². The molecule has 3 aromatic rings. The minimum absolute atomic E-state index is 0.0960. The van der Waals surface area contributed by atoms with Crippen molar-refractivity contribution in [2.45, 2.75) is 19.1 Å². The van der Waals surface area contributed by atoms with Crippen molar-refractivity contribution in [1.82, 2.24) is 19.7 Å². The summed E-state index contributed by atoms with van der Waals surface area (Å²) in [7, 11) is 1.54. The zero-order valence-corrected chi connectivity index (χ0v) is 16.0. The van der Waals surface area contributed by atoms with E-state index in [0.29, 0.717) is 28.4 Å². The van der Waals surface area contributed by atoms with Gasteiger partial charge >= 0.3 is 5.97 Å². The molecule has 2 aromatic heterocycles.